The fourth-order valence-electron chi connectivity index (χ4n) is 3.01. The molecule has 9 nitrogen and oxygen atoms in total. The van der Waals surface area contributed by atoms with E-state index in [9.17, 15) is 14.5 Å². The molecule has 2 fully saturated rings. The van der Waals surface area contributed by atoms with Crippen molar-refractivity contribution in [3.8, 4) is 0 Å². The summed E-state index contributed by atoms with van der Waals surface area (Å²) >= 11 is 5.05. The van der Waals surface area contributed by atoms with Crippen LogP contribution in [0.1, 0.15) is 19.6 Å². The van der Waals surface area contributed by atoms with Crippen LogP contribution < -0.4 is 5.56 Å². The maximum atomic E-state index is 11.2. The Hall–Kier alpha value is -0.870. The van der Waals surface area contributed by atoms with Crippen LogP contribution in [0.4, 0.5) is 0 Å². The van der Waals surface area contributed by atoms with E-state index in [2.05, 4.69) is 9.51 Å². The highest BCUT2D eigenvalue weighted by atomic mass is 32.1. The van der Waals surface area contributed by atoms with Gasteiger partial charge in [-0.25, -0.2) is 4.57 Å². The van der Waals surface area contributed by atoms with E-state index in [-0.39, 0.29) is 22.9 Å². The predicted molar refractivity (Wildman–Crippen MR) is 75.5 cm³/mol. The van der Waals surface area contributed by atoms with Gasteiger partial charge < -0.3 is 19.6 Å². The molecule has 4 N–H and O–H groups in total. The van der Waals surface area contributed by atoms with Crippen molar-refractivity contribution in [3.05, 3.63) is 27.4 Å². The number of phosphoric ester groups is 1. The quantitative estimate of drug-likeness (QED) is 0.442. The minimum Gasteiger partial charge on any atom is -0.385 e. The Morgan fingerprint density at radius 3 is 2.91 bits per heavy atom. The molecule has 4 atom stereocenters. The lowest BCUT2D eigenvalue weighted by atomic mass is 9.98. The van der Waals surface area contributed by atoms with E-state index < -0.39 is 25.3 Å². The summed E-state index contributed by atoms with van der Waals surface area (Å²) in [5.74, 6) is -0.342. The second-order valence-electron chi connectivity index (χ2n) is 5.80. The van der Waals surface area contributed by atoms with Gasteiger partial charge in [0.05, 0.1) is 6.61 Å². The first-order valence-corrected chi connectivity index (χ1v) is 8.41. The van der Waals surface area contributed by atoms with Gasteiger partial charge in [0.1, 0.15) is 11.2 Å². The lowest BCUT2D eigenvalue weighted by Crippen LogP contribution is -2.37. The molecule has 0 aromatic carbocycles. The van der Waals surface area contributed by atoms with Gasteiger partial charge in [-0.15, -0.1) is 0 Å². The molecule has 122 valence electrons. The molecule has 11 heteroatoms. The van der Waals surface area contributed by atoms with Crippen molar-refractivity contribution in [2.75, 3.05) is 6.61 Å². The molecule has 0 amide bonds. The molecular formula is C11H15N2O7PS. The molecule has 22 heavy (non-hydrogen) atoms. The summed E-state index contributed by atoms with van der Waals surface area (Å²) in [5, 5.41) is 10.7. The van der Waals surface area contributed by atoms with Crippen molar-refractivity contribution in [1.82, 2.24) is 9.55 Å². The van der Waals surface area contributed by atoms with Gasteiger partial charge in [0.15, 0.2) is 11.0 Å². The van der Waals surface area contributed by atoms with Crippen LogP contribution in [-0.4, -0.2) is 42.3 Å². The molecule has 1 aromatic heterocycles. The van der Waals surface area contributed by atoms with Crippen molar-refractivity contribution in [3.63, 3.8) is 0 Å². The van der Waals surface area contributed by atoms with E-state index in [0.717, 1.165) is 0 Å². The van der Waals surface area contributed by atoms with E-state index in [1.807, 2.05) is 0 Å². The van der Waals surface area contributed by atoms with Crippen LogP contribution in [0.25, 0.3) is 0 Å². The van der Waals surface area contributed by atoms with E-state index >= 15 is 0 Å². The summed E-state index contributed by atoms with van der Waals surface area (Å²) in [5.41, 5.74) is -2.64. The predicted octanol–water partition coefficient (Wildman–Crippen LogP) is 0.0537. The number of ether oxygens (including phenoxy) is 1. The van der Waals surface area contributed by atoms with Crippen LogP contribution in [-0.2, 0) is 13.8 Å². The van der Waals surface area contributed by atoms with E-state index in [0.29, 0.717) is 6.42 Å². The first-order valence-electron chi connectivity index (χ1n) is 6.47. The molecule has 2 heterocycles. The molecule has 1 aliphatic heterocycles. The Bertz CT molecular complexity index is 768. The minimum atomic E-state index is -4.62. The Labute approximate surface area is 129 Å². The Balaban J connectivity index is 1.88. The van der Waals surface area contributed by atoms with Crippen LogP contribution in [0.15, 0.2) is 17.1 Å². The molecule has 1 aliphatic carbocycles. The third kappa shape index (κ3) is 2.61. The highest BCUT2D eigenvalue weighted by Gasteiger charge is 2.73. The van der Waals surface area contributed by atoms with Crippen molar-refractivity contribution in [2.45, 2.75) is 30.8 Å². The fraction of sp³-hybridized carbons (Fsp3) is 0.636. The summed E-state index contributed by atoms with van der Waals surface area (Å²) in [7, 11) is -4.62. The van der Waals surface area contributed by atoms with Crippen LogP contribution in [0.3, 0.4) is 0 Å². The Kier molecular flexibility index (Phi) is 3.50. The largest absolute Gasteiger partial charge is 0.469 e. The van der Waals surface area contributed by atoms with Crippen LogP contribution in [0, 0.1) is 10.7 Å². The van der Waals surface area contributed by atoms with Gasteiger partial charge in [0.2, 0.25) is 0 Å². The fourth-order valence-corrected chi connectivity index (χ4v) is 3.65. The lowest BCUT2D eigenvalue weighted by Gasteiger charge is -2.29. The zero-order valence-corrected chi connectivity index (χ0v) is 13.2. The summed E-state index contributed by atoms with van der Waals surface area (Å²) in [4.78, 5) is 31.3. The molecule has 0 bridgehead atoms. The molecule has 1 aromatic rings. The number of aromatic amines is 1. The van der Waals surface area contributed by atoms with Gasteiger partial charge in [-0.1, -0.05) is 0 Å². The third-order valence-corrected chi connectivity index (χ3v) is 4.94. The highest BCUT2D eigenvalue weighted by molar-refractivity contribution is 7.71. The number of H-pyrrole nitrogens is 1. The highest BCUT2D eigenvalue weighted by Crippen LogP contribution is 2.64. The van der Waals surface area contributed by atoms with E-state index in [1.54, 1.807) is 6.92 Å². The smallest absolute Gasteiger partial charge is 0.385 e. The van der Waals surface area contributed by atoms with Gasteiger partial charge in [0, 0.05) is 18.2 Å². The monoisotopic (exact) mass is 350 g/mol. The number of fused-ring (bicyclic) bond motifs is 1. The first kappa shape index (κ1) is 16.0. The van der Waals surface area contributed by atoms with Crippen LogP contribution in [0.2, 0.25) is 0 Å². The zero-order chi connectivity index (χ0) is 16.3. The third-order valence-electron chi connectivity index (χ3n) is 4.16. The molecule has 0 spiro atoms. The summed E-state index contributed by atoms with van der Waals surface area (Å²) < 4.78 is 22.7. The molecular weight excluding hydrogens is 335 g/mol. The van der Waals surface area contributed by atoms with Crippen molar-refractivity contribution in [2.24, 2.45) is 5.92 Å². The Morgan fingerprint density at radius 2 is 2.32 bits per heavy atom. The summed E-state index contributed by atoms with van der Waals surface area (Å²) in [6.45, 7) is 1.23. The SMILES string of the molecule is CC1(O)C(n2ccc(=O)[nH]c2=S)OC2(COP(=O)(O)O)CC21. The minimum absolute atomic E-state index is 0.0881. The molecule has 0 radical (unpaired) electrons. The normalized spacial score (nSPS) is 37.1. The molecule has 2 aliphatic rings. The van der Waals surface area contributed by atoms with Gasteiger partial charge in [-0.3, -0.25) is 18.9 Å². The van der Waals surface area contributed by atoms with E-state index in [1.165, 1.54) is 16.8 Å². The number of aliphatic hydroxyl groups is 1. The maximum Gasteiger partial charge on any atom is 0.469 e. The molecule has 1 saturated heterocycles. The number of rotatable bonds is 4. The zero-order valence-electron chi connectivity index (χ0n) is 11.5. The van der Waals surface area contributed by atoms with Crippen LogP contribution in [0.5, 0.6) is 0 Å². The maximum absolute atomic E-state index is 11.2. The second kappa shape index (κ2) is 4.81. The number of nitrogens with one attached hydrogen (secondary N) is 1. The van der Waals surface area contributed by atoms with Crippen molar-refractivity contribution >= 4 is 20.0 Å². The number of nitrogens with zero attached hydrogens (tertiary/aromatic N) is 1. The van der Waals surface area contributed by atoms with Crippen LogP contribution >= 0.6 is 20.0 Å². The standard InChI is InChI=1S/C11H15N2O7PS/c1-10(15)6-4-11(6,5-19-21(16,17)18)20-8(10)13-3-2-7(14)12-9(13)22/h2-3,6,8,15H,4-5H2,1H3,(H,12,14,22)(H2,16,17,18). The second-order valence-corrected chi connectivity index (χ2v) is 7.42. The van der Waals surface area contributed by atoms with Crippen molar-refractivity contribution < 1.29 is 28.7 Å². The molecule has 4 unspecified atom stereocenters. The number of phosphoric acid groups is 1. The first-order chi connectivity index (χ1) is 10.1. The lowest BCUT2D eigenvalue weighted by molar-refractivity contribution is -0.127. The van der Waals surface area contributed by atoms with Gasteiger partial charge in [-0.05, 0) is 25.6 Å². The molecule has 3 rings (SSSR count). The Morgan fingerprint density at radius 1 is 1.64 bits per heavy atom. The average Bonchev–Trinajstić information content (AvgIpc) is 3.05. The topological polar surface area (TPSA) is 134 Å². The molecule has 1 saturated carbocycles. The number of hydrogen-bond donors (Lipinski definition) is 4. The van der Waals surface area contributed by atoms with Gasteiger partial charge in [0.25, 0.3) is 5.56 Å². The van der Waals surface area contributed by atoms with E-state index in [4.69, 9.17) is 26.7 Å². The summed E-state index contributed by atoms with van der Waals surface area (Å²) in [6.07, 6.45) is 0.950. The average molecular weight is 350 g/mol. The van der Waals surface area contributed by atoms with Gasteiger partial charge >= 0.3 is 7.82 Å². The van der Waals surface area contributed by atoms with Crippen molar-refractivity contribution in [1.29, 1.82) is 0 Å². The summed E-state index contributed by atoms with van der Waals surface area (Å²) in [6, 6.07) is 1.25. The van der Waals surface area contributed by atoms with Gasteiger partial charge in [-0.2, -0.15) is 0 Å². The number of aromatic nitrogens is 2. The number of hydrogen-bond acceptors (Lipinski definition) is 6.